The molecule has 0 aromatic carbocycles. The third-order valence-electron chi connectivity index (χ3n) is 21.7. The summed E-state index contributed by atoms with van der Waals surface area (Å²) in [5, 5.41) is 0. The van der Waals surface area contributed by atoms with E-state index in [1.807, 2.05) is 0 Å². The Balaban J connectivity index is -0.0000000639. The molecule has 0 heterocycles. The van der Waals surface area contributed by atoms with Gasteiger partial charge >= 0.3 is 0 Å². The van der Waals surface area contributed by atoms with Crippen LogP contribution in [0.1, 0.15) is 180 Å². The van der Waals surface area contributed by atoms with E-state index in [0.29, 0.717) is 0 Å². The zero-order valence-electron chi connectivity index (χ0n) is 77.2. The van der Waals surface area contributed by atoms with E-state index in [9.17, 15) is 0 Å². The molecule has 0 unspecified atom stereocenters. The molecule has 0 saturated heterocycles. The third-order valence-corrected chi connectivity index (χ3v) is 65.2. The molecular formula is C76H204Si13. The standard InChI is InChI=1S/11C6H16Si.2C5H14Si/c11*1-6(2)7(3,4)5;2*1-5(2)6(3)4/h11*6H,1-5H3;2*5-6H,1-4H3. The van der Waals surface area contributed by atoms with Crippen molar-refractivity contribution < 1.29 is 0 Å². The Morgan fingerprint density at radius 1 is 0.124 bits per heavy atom. The molecule has 0 aromatic heterocycles. The molecule has 0 N–H and O–H groups in total. The Kier molecular flexibility index (Phi) is 77.5. The fraction of sp³-hybridized carbons (Fsp3) is 1.00. The Labute approximate surface area is 595 Å². The summed E-state index contributed by atoms with van der Waals surface area (Å²) in [5.41, 5.74) is 12.3. The summed E-state index contributed by atoms with van der Waals surface area (Å²) < 4.78 is 0. The minimum atomic E-state index is -0.735. The molecule has 0 bridgehead atoms. The van der Waals surface area contributed by atoms with Gasteiger partial charge in [-0.2, -0.15) is 0 Å². The summed E-state index contributed by atoms with van der Waals surface area (Å²) in [6, 6.07) is 0. The normalized spacial score (nSPS) is 12.6. The lowest BCUT2D eigenvalue weighted by molar-refractivity contribution is 1.01. The largest absolute Gasteiger partial charge is 0.0720 e. The van der Waals surface area contributed by atoms with Crippen LogP contribution in [-0.4, -0.2) is 106 Å². The van der Waals surface area contributed by atoms with Gasteiger partial charge in [-0.1, -0.05) is 494 Å². The summed E-state index contributed by atoms with van der Waals surface area (Å²) in [6.07, 6.45) is 0. The average molecular weight is 1480 g/mol. The van der Waals surface area contributed by atoms with Gasteiger partial charge in [0.1, 0.15) is 0 Å². The fourth-order valence-corrected chi connectivity index (χ4v) is 0. The summed E-state index contributed by atoms with van der Waals surface area (Å²) in [6.45, 7) is 149. The molecule has 89 heavy (non-hydrogen) atoms. The Morgan fingerprint density at radius 3 is 0.146 bits per heavy atom. The highest BCUT2D eigenvalue weighted by atomic mass is 28.3. The van der Waals surface area contributed by atoms with Gasteiger partial charge in [-0.05, 0) is 0 Å². The summed E-state index contributed by atoms with van der Waals surface area (Å²) in [5.74, 6) is 0. The molecule has 0 radical (unpaired) electrons. The first-order valence-electron chi connectivity index (χ1n) is 37.7. The first kappa shape index (κ1) is 122. The Morgan fingerprint density at radius 2 is 0.146 bits per heavy atom. The zero-order valence-corrected chi connectivity index (χ0v) is 90.5. The zero-order chi connectivity index (χ0) is 77.2. The first-order valence-corrected chi connectivity index (χ1v) is 83.0. The molecule has 0 saturated carbocycles. The van der Waals surface area contributed by atoms with E-state index in [1.165, 1.54) is 0 Å². The maximum absolute atomic E-state index is 2.40. The second kappa shape index (κ2) is 56.6. The average Bonchev–Trinajstić information content (AvgIpc) is 3.22. The molecule has 0 atom stereocenters. The van der Waals surface area contributed by atoms with Crippen LogP contribution >= 0.6 is 0 Å². The van der Waals surface area contributed by atoms with Gasteiger partial charge in [0.25, 0.3) is 0 Å². The molecule has 0 aliphatic carbocycles. The maximum atomic E-state index is 2.40. The summed E-state index contributed by atoms with van der Waals surface area (Å²) in [4.78, 5) is 0. The van der Waals surface area contributed by atoms with Crippen molar-refractivity contribution in [3.05, 3.63) is 0 Å². The monoisotopic (exact) mass is 1480 g/mol. The molecule has 0 nitrogen and oxygen atoms in total. The SMILES string of the molecule is CC(C)[SiH](C)C.CC(C)[SiH](C)C.CC(C)[Si](C)(C)C.CC(C)[Si](C)(C)C.CC(C)[Si](C)(C)C.CC(C)[Si](C)(C)C.CC(C)[Si](C)(C)C.CC(C)[Si](C)(C)C.CC(C)[Si](C)(C)C.CC(C)[Si](C)(C)C.CC(C)[Si](C)(C)C.CC(C)[Si](C)(C)C.CC(C)[Si](C)(C)C. The smallest absolute Gasteiger partial charge is 0.0468 e. The lowest BCUT2D eigenvalue weighted by Gasteiger charge is -2.19. The predicted molar refractivity (Wildman–Crippen MR) is 491 cm³/mol. The minimum absolute atomic E-state index is 0.244. The highest BCUT2D eigenvalue weighted by molar-refractivity contribution is 6.81. The lowest BCUT2D eigenvalue weighted by Crippen LogP contribution is -2.23. The Hall–Kier alpha value is 2.82. The van der Waals surface area contributed by atoms with Crippen molar-refractivity contribution >= 4 is 106 Å². The van der Waals surface area contributed by atoms with E-state index in [2.05, 4.69) is 422 Å². The quantitative estimate of drug-likeness (QED) is 0.161. The lowest BCUT2D eigenvalue weighted by atomic mass is 10.6. The van der Waals surface area contributed by atoms with Crippen LogP contribution in [0.2, 0.25) is 314 Å². The predicted octanol–water partition coefficient (Wildman–Crippen LogP) is 33.8. The van der Waals surface area contributed by atoms with Gasteiger partial charge < -0.3 is 0 Å². The highest BCUT2D eigenvalue weighted by Crippen LogP contribution is 2.24. The van der Waals surface area contributed by atoms with Gasteiger partial charge in [0.2, 0.25) is 0 Å². The van der Waals surface area contributed by atoms with Crippen molar-refractivity contribution in [2.24, 2.45) is 0 Å². The van der Waals surface area contributed by atoms with Crippen LogP contribution < -0.4 is 0 Å². The Bertz CT molecular complexity index is 1060. The molecule has 13 heteroatoms. The van der Waals surface area contributed by atoms with Crippen LogP contribution in [0.3, 0.4) is 0 Å². The second-order valence-electron chi connectivity index (χ2n) is 43.7. The number of hydrogen-bond acceptors (Lipinski definition) is 0. The van der Waals surface area contributed by atoms with E-state index in [1.54, 1.807) is 0 Å². The van der Waals surface area contributed by atoms with E-state index in [-0.39, 0.29) is 17.6 Å². The van der Waals surface area contributed by atoms with Crippen molar-refractivity contribution in [1.29, 1.82) is 0 Å². The molecule has 0 aromatic rings. The van der Waals surface area contributed by atoms with Gasteiger partial charge in [0.15, 0.2) is 0 Å². The molecule has 0 rings (SSSR count). The van der Waals surface area contributed by atoms with Crippen LogP contribution in [0, 0.1) is 0 Å². The maximum Gasteiger partial charge on any atom is 0.0468 e. The van der Waals surface area contributed by atoms with Crippen molar-refractivity contribution in [1.82, 2.24) is 0 Å². The van der Waals surface area contributed by atoms with Gasteiger partial charge in [-0.25, -0.2) is 0 Å². The van der Waals surface area contributed by atoms with Crippen LogP contribution in [0.15, 0.2) is 0 Å². The van der Waals surface area contributed by atoms with E-state index in [0.717, 1.165) is 72.0 Å². The molecule has 0 spiro atoms. The van der Waals surface area contributed by atoms with Gasteiger partial charge in [0, 0.05) is 106 Å². The van der Waals surface area contributed by atoms with Crippen molar-refractivity contribution in [3.8, 4) is 0 Å². The molecule has 0 amide bonds. The van der Waals surface area contributed by atoms with Crippen LogP contribution in [0.4, 0.5) is 0 Å². The molecule has 0 aliphatic heterocycles. The van der Waals surface area contributed by atoms with Crippen molar-refractivity contribution in [3.63, 3.8) is 0 Å². The highest BCUT2D eigenvalue weighted by Gasteiger charge is 2.22. The fourth-order valence-electron chi connectivity index (χ4n) is 0. The van der Waals surface area contributed by atoms with Gasteiger partial charge in [-0.3, -0.25) is 0 Å². The van der Waals surface area contributed by atoms with E-state index in [4.69, 9.17) is 0 Å². The van der Waals surface area contributed by atoms with Crippen LogP contribution in [0.5, 0.6) is 0 Å². The number of hydrogen-bond donors (Lipinski definition) is 0. The minimum Gasteiger partial charge on any atom is -0.0720 e. The number of rotatable bonds is 13. The van der Waals surface area contributed by atoms with Gasteiger partial charge in [-0.15, -0.1) is 0 Å². The first-order chi connectivity index (χ1) is 37.7. The van der Waals surface area contributed by atoms with Crippen LogP contribution in [0.25, 0.3) is 0 Å². The molecule has 0 fully saturated rings. The summed E-state index contributed by atoms with van der Waals surface area (Å²) in [7, 11) is -8.57. The topological polar surface area (TPSA) is 0 Å². The van der Waals surface area contributed by atoms with Crippen molar-refractivity contribution in [2.75, 3.05) is 0 Å². The van der Waals surface area contributed by atoms with Crippen LogP contribution in [-0.2, 0) is 0 Å². The van der Waals surface area contributed by atoms with Crippen molar-refractivity contribution in [2.45, 2.75) is 494 Å². The second-order valence-corrected chi connectivity index (χ2v) is 116. The summed E-state index contributed by atoms with van der Waals surface area (Å²) >= 11 is 0. The molecular weight excluding hydrogens is 1280 g/mol. The van der Waals surface area contributed by atoms with Gasteiger partial charge in [0.05, 0.1) is 0 Å². The third kappa shape index (κ3) is 121. The van der Waals surface area contributed by atoms with E-state index < -0.39 is 88.8 Å². The molecule has 0 aliphatic rings. The molecule has 560 valence electrons. The van der Waals surface area contributed by atoms with E-state index >= 15 is 0 Å².